The van der Waals surface area contributed by atoms with E-state index in [4.69, 9.17) is 10.5 Å². The Bertz CT molecular complexity index is 451. The molecule has 1 aliphatic heterocycles. The first kappa shape index (κ1) is 14.0. The maximum absolute atomic E-state index is 12.4. The minimum absolute atomic E-state index is 0.121. The van der Waals surface area contributed by atoms with Crippen LogP contribution in [0, 0.1) is 6.92 Å². The molecule has 4 heteroatoms. The van der Waals surface area contributed by atoms with E-state index in [1.165, 1.54) is 0 Å². The third-order valence-electron chi connectivity index (χ3n) is 3.65. The molecule has 1 heterocycles. The van der Waals surface area contributed by atoms with Crippen LogP contribution in [0.15, 0.2) is 18.2 Å². The Kier molecular flexibility index (Phi) is 4.56. The SMILES string of the molecule is COc1ccc(C)cc1C(=O)CN1CCC(N)CC1. The van der Waals surface area contributed by atoms with Crippen molar-refractivity contribution in [2.45, 2.75) is 25.8 Å². The molecule has 0 unspecified atom stereocenters. The second kappa shape index (κ2) is 6.17. The lowest BCUT2D eigenvalue weighted by atomic mass is 10.0. The van der Waals surface area contributed by atoms with Crippen molar-refractivity contribution in [3.05, 3.63) is 29.3 Å². The summed E-state index contributed by atoms with van der Waals surface area (Å²) in [5.74, 6) is 0.778. The van der Waals surface area contributed by atoms with Crippen molar-refractivity contribution in [1.29, 1.82) is 0 Å². The molecule has 104 valence electrons. The van der Waals surface area contributed by atoms with Gasteiger partial charge >= 0.3 is 0 Å². The molecule has 0 saturated carbocycles. The fourth-order valence-corrected chi connectivity index (χ4v) is 2.44. The van der Waals surface area contributed by atoms with E-state index in [9.17, 15) is 4.79 Å². The highest BCUT2D eigenvalue weighted by Crippen LogP contribution is 2.21. The molecule has 4 nitrogen and oxygen atoms in total. The van der Waals surface area contributed by atoms with E-state index >= 15 is 0 Å². The number of Topliss-reactive ketones (excluding diaryl/α,β-unsaturated/α-hetero) is 1. The molecule has 0 amide bonds. The highest BCUT2D eigenvalue weighted by molar-refractivity contribution is 6.00. The van der Waals surface area contributed by atoms with Crippen LogP contribution in [0.25, 0.3) is 0 Å². The summed E-state index contributed by atoms with van der Waals surface area (Å²) >= 11 is 0. The van der Waals surface area contributed by atoms with Crippen molar-refractivity contribution < 1.29 is 9.53 Å². The summed E-state index contributed by atoms with van der Waals surface area (Å²) in [6.07, 6.45) is 1.94. The van der Waals surface area contributed by atoms with Gasteiger partial charge in [0.1, 0.15) is 5.75 Å². The standard InChI is InChI=1S/C15H22N2O2/c1-11-3-4-15(19-2)13(9-11)14(18)10-17-7-5-12(16)6-8-17/h3-4,9,12H,5-8,10,16H2,1-2H3. The van der Waals surface area contributed by atoms with Gasteiger partial charge in [0.25, 0.3) is 0 Å². The van der Waals surface area contributed by atoms with Gasteiger partial charge in [-0.1, -0.05) is 11.6 Å². The predicted molar refractivity (Wildman–Crippen MR) is 75.7 cm³/mol. The van der Waals surface area contributed by atoms with Gasteiger partial charge in [-0.05, 0) is 31.9 Å². The summed E-state index contributed by atoms with van der Waals surface area (Å²) in [4.78, 5) is 14.5. The number of benzene rings is 1. The van der Waals surface area contributed by atoms with E-state index in [1.807, 2.05) is 25.1 Å². The number of nitrogens with zero attached hydrogens (tertiary/aromatic N) is 1. The second-order valence-electron chi connectivity index (χ2n) is 5.24. The van der Waals surface area contributed by atoms with Crippen molar-refractivity contribution in [3.8, 4) is 5.75 Å². The van der Waals surface area contributed by atoms with Gasteiger partial charge in [-0.3, -0.25) is 9.69 Å². The third-order valence-corrected chi connectivity index (χ3v) is 3.65. The smallest absolute Gasteiger partial charge is 0.180 e. The highest BCUT2D eigenvalue weighted by atomic mass is 16.5. The highest BCUT2D eigenvalue weighted by Gasteiger charge is 2.20. The number of hydrogen-bond acceptors (Lipinski definition) is 4. The molecular formula is C15H22N2O2. The summed E-state index contributed by atoms with van der Waals surface area (Å²) in [5.41, 5.74) is 7.62. The molecule has 1 fully saturated rings. The van der Waals surface area contributed by atoms with Crippen LogP contribution in [-0.4, -0.2) is 43.5 Å². The van der Waals surface area contributed by atoms with Crippen LogP contribution >= 0.6 is 0 Å². The van der Waals surface area contributed by atoms with Gasteiger partial charge in [-0.15, -0.1) is 0 Å². The van der Waals surface area contributed by atoms with Crippen LogP contribution in [-0.2, 0) is 0 Å². The van der Waals surface area contributed by atoms with Gasteiger partial charge in [0.05, 0.1) is 19.2 Å². The average Bonchev–Trinajstić information content (AvgIpc) is 2.41. The molecule has 19 heavy (non-hydrogen) atoms. The number of ketones is 1. The summed E-state index contributed by atoms with van der Waals surface area (Å²) in [6.45, 7) is 4.24. The topological polar surface area (TPSA) is 55.6 Å². The van der Waals surface area contributed by atoms with Gasteiger partial charge in [-0.2, -0.15) is 0 Å². The van der Waals surface area contributed by atoms with Crippen molar-refractivity contribution >= 4 is 5.78 Å². The first-order valence-electron chi connectivity index (χ1n) is 6.76. The number of piperidine rings is 1. The molecular weight excluding hydrogens is 240 g/mol. The molecule has 0 spiro atoms. The molecule has 2 rings (SSSR count). The Morgan fingerprint density at radius 2 is 2.11 bits per heavy atom. The van der Waals surface area contributed by atoms with Gasteiger partial charge < -0.3 is 10.5 Å². The van der Waals surface area contributed by atoms with Gasteiger partial charge in [-0.25, -0.2) is 0 Å². The number of carbonyl (C=O) groups excluding carboxylic acids is 1. The van der Waals surface area contributed by atoms with Gasteiger partial charge in [0.15, 0.2) is 5.78 Å². The fourth-order valence-electron chi connectivity index (χ4n) is 2.44. The zero-order chi connectivity index (χ0) is 13.8. The Hall–Kier alpha value is -1.39. The first-order valence-corrected chi connectivity index (χ1v) is 6.76. The number of ether oxygens (including phenoxy) is 1. The van der Waals surface area contributed by atoms with E-state index < -0.39 is 0 Å². The maximum Gasteiger partial charge on any atom is 0.180 e. The lowest BCUT2D eigenvalue weighted by molar-refractivity contribution is 0.0907. The third kappa shape index (κ3) is 3.55. The number of likely N-dealkylation sites (tertiary alicyclic amines) is 1. The Morgan fingerprint density at radius 3 is 2.74 bits per heavy atom. The number of rotatable bonds is 4. The zero-order valence-corrected chi connectivity index (χ0v) is 11.7. The first-order chi connectivity index (χ1) is 9.10. The summed E-state index contributed by atoms with van der Waals surface area (Å²) < 4.78 is 5.27. The molecule has 0 bridgehead atoms. The van der Waals surface area contributed by atoms with E-state index in [0.717, 1.165) is 31.5 Å². The van der Waals surface area contributed by atoms with Gasteiger partial charge in [0.2, 0.25) is 0 Å². The Morgan fingerprint density at radius 1 is 1.42 bits per heavy atom. The van der Waals surface area contributed by atoms with Crippen LogP contribution in [0.5, 0.6) is 5.75 Å². The summed E-state index contributed by atoms with van der Waals surface area (Å²) in [7, 11) is 1.60. The largest absolute Gasteiger partial charge is 0.496 e. The molecule has 2 N–H and O–H groups in total. The van der Waals surface area contributed by atoms with Crippen LogP contribution in [0.1, 0.15) is 28.8 Å². The number of carbonyl (C=O) groups is 1. The summed E-state index contributed by atoms with van der Waals surface area (Å²) in [5, 5.41) is 0. The van der Waals surface area contributed by atoms with E-state index in [2.05, 4.69) is 4.90 Å². The number of nitrogens with two attached hydrogens (primary N) is 1. The molecule has 1 aliphatic rings. The molecule has 0 radical (unpaired) electrons. The van der Waals surface area contributed by atoms with E-state index in [-0.39, 0.29) is 5.78 Å². The van der Waals surface area contributed by atoms with Crippen LogP contribution in [0.2, 0.25) is 0 Å². The van der Waals surface area contributed by atoms with E-state index in [1.54, 1.807) is 7.11 Å². The number of methoxy groups -OCH3 is 1. The quantitative estimate of drug-likeness (QED) is 0.838. The number of aryl methyl sites for hydroxylation is 1. The monoisotopic (exact) mass is 262 g/mol. The predicted octanol–water partition coefficient (Wildman–Crippen LogP) is 1.61. The zero-order valence-electron chi connectivity index (χ0n) is 11.7. The normalized spacial score (nSPS) is 17.4. The average molecular weight is 262 g/mol. The number of hydrogen-bond donors (Lipinski definition) is 1. The molecule has 0 atom stereocenters. The lowest BCUT2D eigenvalue weighted by Gasteiger charge is -2.29. The van der Waals surface area contributed by atoms with Crippen LogP contribution in [0.4, 0.5) is 0 Å². The second-order valence-corrected chi connectivity index (χ2v) is 5.24. The fraction of sp³-hybridized carbons (Fsp3) is 0.533. The molecule has 0 aromatic heterocycles. The van der Waals surface area contributed by atoms with Crippen molar-refractivity contribution in [2.75, 3.05) is 26.7 Å². The minimum Gasteiger partial charge on any atom is -0.496 e. The Labute approximate surface area is 114 Å². The van der Waals surface area contributed by atoms with Crippen molar-refractivity contribution in [1.82, 2.24) is 4.90 Å². The van der Waals surface area contributed by atoms with Gasteiger partial charge in [0, 0.05) is 19.1 Å². The maximum atomic E-state index is 12.4. The van der Waals surface area contributed by atoms with Crippen LogP contribution < -0.4 is 10.5 Å². The minimum atomic E-state index is 0.121. The van der Waals surface area contributed by atoms with E-state index in [0.29, 0.717) is 23.9 Å². The molecule has 0 aliphatic carbocycles. The molecule has 1 aromatic carbocycles. The Balaban J connectivity index is 2.05. The van der Waals surface area contributed by atoms with Crippen LogP contribution in [0.3, 0.4) is 0 Å². The molecule has 1 aromatic rings. The lowest BCUT2D eigenvalue weighted by Crippen LogP contribution is -2.41. The summed E-state index contributed by atoms with van der Waals surface area (Å²) in [6, 6.07) is 6.00. The molecule has 1 saturated heterocycles. The van der Waals surface area contributed by atoms with Crippen molar-refractivity contribution in [2.24, 2.45) is 5.73 Å². The van der Waals surface area contributed by atoms with Crippen molar-refractivity contribution in [3.63, 3.8) is 0 Å².